The largest absolute Gasteiger partial charge is 0.491 e. The van der Waals surface area contributed by atoms with Gasteiger partial charge in [0.2, 0.25) is 10.0 Å². The van der Waals surface area contributed by atoms with Gasteiger partial charge in [-0.2, -0.15) is 0 Å². The van der Waals surface area contributed by atoms with E-state index in [4.69, 9.17) is 10.5 Å². The number of hydrogen-bond acceptors (Lipinski definition) is 4. The van der Waals surface area contributed by atoms with Gasteiger partial charge in [0.05, 0.1) is 11.5 Å². The lowest BCUT2D eigenvalue weighted by molar-refractivity contribution is 0.321. The van der Waals surface area contributed by atoms with E-state index >= 15 is 0 Å². The summed E-state index contributed by atoms with van der Waals surface area (Å²) in [6, 6.07) is 3.49. The fourth-order valence-electron chi connectivity index (χ4n) is 1.20. The van der Waals surface area contributed by atoms with Crippen LogP contribution < -0.4 is 15.2 Å². The summed E-state index contributed by atoms with van der Waals surface area (Å²) in [6.45, 7) is 2.32. The Labute approximate surface area is 99.8 Å². The van der Waals surface area contributed by atoms with Gasteiger partial charge < -0.3 is 10.5 Å². The molecule has 0 aliphatic carbocycles. The highest BCUT2D eigenvalue weighted by Gasteiger charge is 2.15. The number of sulfonamides is 1. The first-order valence-corrected chi connectivity index (χ1v) is 6.61. The minimum Gasteiger partial charge on any atom is -0.491 e. The van der Waals surface area contributed by atoms with E-state index in [-0.39, 0.29) is 23.7 Å². The van der Waals surface area contributed by atoms with E-state index in [2.05, 4.69) is 4.72 Å². The van der Waals surface area contributed by atoms with Gasteiger partial charge in [0.25, 0.3) is 0 Å². The number of hydrogen-bond donors (Lipinski definition) is 2. The van der Waals surface area contributed by atoms with Gasteiger partial charge >= 0.3 is 0 Å². The van der Waals surface area contributed by atoms with Crippen molar-refractivity contribution in [2.45, 2.75) is 11.8 Å². The molecule has 17 heavy (non-hydrogen) atoms. The highest BCUT2D eigenvalue weighted by atomic mass is 32.2. The summed E-state index contributed by atoms with van der Waals surface area (Å²) in [4.78, 5) is -0.146. The monoisotopic (exact) mass is 262 g/mol. The molecule has 1 aromatic rings. The molecular weight excluding hydrogens is 247 g/mol. The lowest BCUT2D eigenvalue weighted by atomic mass is 10.3. The Morgan fingerprint density at radius 1 is 1.47 bits per heavy atom. The second-order valence-electron chi connectivity index (χ2n) is 3.21. The zero-order valence-corrected chi connectivity index (χ0v) is 10.3. The molecule has 0 heterocycles. The van der Waals surface area contributed by atoms with Crippen molar-refractivity contribution in [3.8, 4) is 5.75 Å². The van der Waals surface area contributed by atoms with Crippen LogP contribution in [0.1, 0.15) is 6.92 Å². The third-order valence-electron chi connectivity index (χ3n) is 1.95. The van der Waals surface area contributed by atoms with Gasteiger partial charge in [-0.15, -0.1) is 0 Å². The van der Waals surface area contributed by atoms with Crippen molar-refractivity contribution in [2.24, 2.45) is 5.73 Å². The molecule has 1 rings (SSSR count). The van der Waals surface area contributed by atoms with Crippen molar-refractivity contribution in [3.05, 3.63) is 24.0 Å². The van der Waals surface area contributed by atoms with Crippen LogP contribution in [0.3, 0.4) is 0 Å². The van der Waals surface area contributed by atoms with Crippen LogP contribution in [-0.2, 0) is 10.0 Å². The summed E-state index contributed by atoms with van der Waals surface area (Å²) in [5.74, 6) is -0.673. The smallest absolute Gasteiger partial charge is 0.240 e. The number of ether oxygens (including phenoxy) is 1. The molecule has 0 fully saturated rings. The number of rotatable bonds is 6. The molecule has 0 aliphatic rings. The molecule has 0 radical (unpaired) electrons. The van der Waals surface area contributed by atoms with E-state index in [0.29, 0.717) is 6.61 Å². The van der Waals surface area contributed by atoms with E-state index in [1.807, 2.05) is 0 Å². The van der Waals surface area contributed by atoms with Gasteiger partial charge in [-0.1, -0.05) is 0 Å². The SMILES string of the molecule is CCOc1ccc(S(=O)(=O)NCCN)cc1F. The Kier molecular flexibility index (Phi) is 4.86. The van der Waals surface area contributed by atoms with Crippen molar-refractivity contribution < 1.29 is 17.5 Å². The highest BCUT2D eigenvalue weighted by molar-refractivity contribution is 7.89. The Bertz CT molecular complexity index is 476. The Morgan fingerprint density at radius 2 is 2.18 bits per heavy atom. The van der Waals surface area contributed by atoms with Gasteiger partial charge in [0, 0.05) is 13.1 Å². The zero-order chi connectivity index (χ0) is 12.9. The van der Waals surface area contributed by atoms with Crippen LogP contribution in [0, 0.1) is 5.82 Å². The molecular formula is C10H15FN2O3S. The van der Waals surface area contributed by atoms with Gasteiger partial charge in [0.15, 0.2) is 11.6 Å². The molecule has 0 atom stereocenters. The minimum absolute atomic E-state index is 0.0327. The second-order valence-corrected chi connectivity index (χ2v) is 4.98. The van der Waals surface area contributed by atoms with Crippen LogP contribution in [0.25, 0.3) is 0 Å². The van der Waals surface area contributed by atoms with Gasteiger partial charge in [-0.25, -0.2) is 17.5 Å². The maximum Gasteiger partial charge on any atom is 0.240 e. The molecule has 0 aromatic heterocycles. The predicted molar refractivity (Wildman–Crippen MR) is 61.8 cm³/mol. The quantitative estimate of drug-likeness (QED) is 0.780. The molecule has 5 nitrogen and oxygen atoms in total. The average Bonchev–Trinajstić information content (AvgIpc) is 2.29. The Morgan fingerprint density at radius 3 is 2.71 bits per heavy atom. The molecule has 96 valence electrons. The number of benzene rings is 1. The average molecular weight is 262 g/mol. The van der Waals surface area contributed by atoms with E-state index < -0.39 is 15.8 Å². The Hall–Kier alpha value is -1.18. The number of nitrogens with two attached hydrogens (primary N) is 1. The highest BCUT2D eigenvalue weighted by Crippen LogP contribution is 2.20. The van der Waals surface area contributed by atoms with Crippen molar-refractivity contribution in [1.82, 2.24) is 4.72 Å². The molecule has 0 amide bonds. The van der Waals surface area contributed by atoms with Crippen LogP contribution >= 0.6 is 0 Å². The zero-order valence-electron chi connectivity index (χ0n) is 9.44. The van der Waals surface area contributed by atoms with Crippen LogP contribution in [-0.4, -0.2) is 28.1 Å². The maximum atomic E-state index is 13.4. The summed E-state index contributed by atoms with van der Waals surface area (Å²) >= 11 is 0. The lowest BCUT2D eigenvalue weighted by Crippen LogP contribution is -2.29. The van der Waals surface area contributed by atoms with Crippen molar-refractivity contribution in [2.75, 3.05) is 19.7 Å². The molecule has 3 N–H and O–H groups in total. The molecule has 1 aromatic carbocycles. The number of halogens is 1. The van der Waals surface area contributed by atoms with Crippen LogP contribution in [0.5, 0.6) is 5.75 Å². The molecule has 0 saturated heterocycles. The minimum atomic E-state index is -3.70. The molecule has 0 bridgehead atoms. The lowest BCUT2D eigenvalue weighted by Gasteiger charge is -2.08. The van der Waals surface area contributed by atoms with Gasteiger partial charge in [-0.3, -0.25) is 0 Å². The first-order valence-electron chi connectivity index (χ1n) is 5.13. The van der Waals surface area contributed by atoms with Crippen molar-refractivity contribution in [1.29, 1.82) is 0 Å². The summed E-state index contributed by atoms with van der Waals surface area (Å²) in [7, 11) is -3.70. The second kappa shape index (κ2) is 5.95. The Balaban J connectivity index is 2.96. The van der Waals surface area contributed by atoms with E-state index in [9.17, 15) is 12.8 Å². The maximum absolute atomic E-state index is 13.4. The molecule has 0 aliphatic heterocycles. The van der Waals surface area contributed by atoms with Gasteiger partial charge in [-0.05, 0) is 25.1 Å². The summed E-state index contributed by atoms with van der Waals surface area (Å²) in [5.41, 5.74) is 5.19. The first kappa shape index (κ1) is 13.9. The normalized spacial score (nSPS) is 11.5. The summed E-state index contributed by atoms with van der Waals surface area (Å²) in [5, 5.41) is 0. The summed E-state index contributed by atoms with van der Waals surface area (Å²) in [6.07, 6.45) is 0. The third-order valence-corrected chi connectivity index (χ3v) is 3.41. The molecule has 7 heteroatoms. The summed E-state index contributed by atoms with van der Waals surface area (Å²) < 4.78 is 43.9. The third kappa shape index (κ3) is 3.65. The van der Waals surface area contributed by atoms with E-state index in [1.165, 1.54) is 12.1 Å². The standard InChI is InChI=1S/C10H15FN2O3S/c1-2-16-10-4-3-8(7-9(10)11)17(14,15)13-6-5-12/h3-4,7,13H,2,5-6,12H2,1H3. The van der Waals surface area contributed by atoms with E-state index in [0.717, 1.165) is 6.07 Å². The fraction of sp³-hybridized carbons (Fsp3) is 0.400. The van der Waals surface area contributed by atoms with Crippen LogP contribution in [0.15, 0.2) is 23.1 Å². The van der Waals surface area contributed by atoms with Crippen molar-refractivity contribution >= 4 is 10.0 Å². The molecule has 0 saturated carbocycles. The predicted octanol–water partition coefficient (Wildman–Crippen LogP) is 0.461. The fourth-order valence-corrected chi connectivity index (χ4v) is 2.26. The number of nitrogens with one attached hydrogen (secondary N) is 1. The topological polar surface area (TPSA) is 81.4 Å². The van der Waals surface area contributed by atoms with E-state index in [1.54, 1.807) is 6.92 Å². The van der Waals surface area contributed by atoms with Crippen LogP contribution in [0.4, 0.5) is 4.39 Å². The first-order chi connectivity index (χ1) is 8.01. The molecule has 0 unspecified atom stereocenters. The van der Waals surface area contributed by atoms with Gasteiger partial charge in [0.1, 0.15) is 0 Å². The van der Waals surface area contributed by atoms with Crippen LogP contribution in [0.2, 0.25) is 0 Å². The molecule has 0 spiro atoms. The van der Waals surface area contributed by atoms with Crippen molar-refractivity contribution in [3.63, 3.8) is 0 Å².